The number of benzene rings is 2. The van der Waals surface area contributed by atoms with Gasteiger partial charge in [-0.05, 0) is 29.7 Å². The molecule has 0 spiro atoms. The minimum Gasteiger partial charge on any atom is -0.481 e. The monoisotopic (exact) mass is 456 g/mol. The van der Waals surface area contributed by atoms with Gasteiger partial charge in [0.15, 0.2) is 0 Å². The van der Waals surface area contributed by atoms with E-state index in [0.29, 0.717) is 17.7 Å². The first-order valence-corrected chi connectivity index (χ1v) is 10.5. The van der Waals surface area contributed by atoms with E-state index in [1.807, 2.05) is 30.3 Å². The van der Waals surface area contributed by atoms with E-state index in [-0.39, 0.29) is 32.5 Å². The Hall–Kier alpha value is -3.72. The summed E-state index contributed by atoms with van der Waals surface area (Å²) in [5.41, 5.74) is 2.10. The zero-order valence-corrected chi connectivity index (χ0v) is 18.7. The molecule has 0 saturated carbocycles. The second-order valence-electron chi connectivity index (χ2n) is 7.24. The van der Waals surface area contributed by atoms with Gasteiger partial charge in [0, 0.05) is 13.1 Å². The van der Waals surface area contributed by atoms with Gasteiger partial charge in [-0.15, -0.1) is 0 Å². The Morgan fingerprint density at radius 3 is 2.24 bits per heavy atom. The number of carbonyl (C=O) groups is 4. The number of carboxylic acid groups (broad SMARTS) is 1. The Bertz CT molecular complexity index is 932. The largest absolute Gasteiger partial charge is 0.481 e. The highest BCUT2D eigenvalue weighted by Crippen LogP contribution is 2.18. The molecule has 2 aromatic carbocycles. The van der Waals surface area contributed by atoms with Crippen molar-refractivity contribution < 1.29 is 33.9 Å². The topological polar surface area (TPSA) is 113 Å². The number of hydrogen-bond donors (Lipinski definition) is 1. The lowest BCUT2D eigenvalue weighted by atomic mass is 10.0. The predicted molar refractivity (Wildman–Crippen MR) is 120 cm³/mol. The van der Waals surface area contributed by atoms with E-state index in [2.05, 4.69) is 4.74 Å². The summed E-state index contributed by atoms with van der Waals surface area (Å²) in [5, 5.41) is 10.5. The third kappa shape index (κ3) is 7.73. The molecule has 0 radical (unpaired) electrons. The average molecular weight is 456 g/mol. The summed E-state index contributed by atoms with van der Waals surface area (Å²) < 4.78 is 4.63. The molecule has 1 unspecified atom stereocenters. The van der Waals surface area contributed by atoms with Crippen LogP contribution in [-0.4, -0.2) is 47.9 Å². The number of anilines is 1. The lowest BCUT2D eigenvalue weighted by molar-refractivity contribution is -0.151. The average Bonchev–Trinajstić information content (AvgIpc) is 2.83. The van der Waals surface area contributed by atoms with E-state index in [9.17, 15) is 24.3 Å². The molecule has 0 bridgehead atoms. The van der Waals surface area contributed by atoms with Gasteiger partial charge in [0.2, 0.25) is 12.3 Å². The van der Waals surface area contributed by atoms with Gasteiger partial charge >= 0.3 is 11.9 Å². The molecular weight excluding hydrogens is 428 g/mol. The number of hydrogen-bond acceptors (Lipinski definition) is 6. The number of ether oxygens (including phenoxy) is 1. The Kier molecular flexibility index (Phi) is 10.0. The van der Waals surface area contributed by atoms with Crippen LogP contribution in [0.2, 0.25) is 0 Å². The van der Waals surface area contributed by atoms with Crippen LogP contribution in [-0.2, 0) is 41.9 Å². The molecule has 1 atom stereocenters. The Morgan fingerprint density at radius 2 is 1.70 bits per heavy atom. The van der Waals surface area contributed by atoms with Crippen LogP contribution in [0.4, 0.5) is 5.69 Å². The van der Waals surface area contributed by atoms with E-state index < -0.39 is 23.8 Å². The number of methoxy groups -OCH3 is 1. The minimum atomic E-state index is -1.21. The van der Waals surface area contributed by atoms with E-state index >= 15 is 0 Å². The molecule has 9 heteroatoms. The summed E-state index contributed by atoms with van der Waals surface area (Å²) in [6.07, 6.45) is 0.639. The fraction of sp³-hybridized carbons (Fsp3) is 0.333. The third-order valence-corrected chi connectivity index (χ3v) is 5.00. The lowest BCUT2D eigenvalue weighted by Gasteiger charge is -2.25. The molecule has 0 aromatic heterocycles. The predicted octanol–water partition coefficient (Wildman–Crippen LogP) is 2.78. The SMILES string of the molecule is CCC(C(=O)O)C(=O)N(CCC(=O)OC)Cc1ccc(N(C=O)OCc2ccccc2)cc1. The first kappa shape index (κ1) is 25.5. The summed E-state index contributed by atoms with van der Waals surface area (Å²) >= 11 is 0. The summed E-state index contributed by atoms with van der Waals surface area (Å²) in [6.45, 7) is 1.96. The van der Waals surface area contributed by atoms with Crippen molar-refractivity contribution in [3.8, 4) is 0 Å². The van der Waals surface area contributed by atoms with Crippen LogP contribution in [0, 0.1) is 5.92 Å². The van der Waals surface area contributed by atoms with Gasteiger partial charge in [0.25, 0.3) is 0 Å². The fourth-order valence-electron chi connectivity index (χ4n) is 3.12. The number of nitrogens with zero attached hydrogens (tertiary/aromatic N) is 2. The van der Waals surface area contributed by atoms with Crippen molar-refractivity contribution in [2.45, 2.75) is 32.9 Å². The van der Waals surface area contributed by atoms with Gasteiger partial charge in [-0.1, -0.05) is 49.4 Å². The molecule has 0 fully saturated rings. The van der Waals surface area contributed by atoms with Crippen molar-refractivity contribution in [1.29, 1.82) is 0 Å². The number of aliphatic carboxylic acids is 1. The number of carbonyl (C=O) groups excluding carboxylic acids is 3. The number of carboxylic acids is 1. The molecule has 0 aliphatic heterocycles. The van der Waals surface area contributed by atoms with Crippen molar-refractivity contribution >= 4 is 29.9 Å². The quantitative estimate of drug-likeness (QED) is 0.213. The Labute approximate surface area is 192 Å². The molecule has 0 saturated heterocycles. The maximum Gasteiger partial charge on any atom is 0.316 e. The lowest BCUT2D eigenvalue weighted by Crippen LogP contribution is -2.40. The van der Waals surface area contributed by atoms with Crippen molar-refractivity contribution in [3.05, 3.63) is 65.7 Å². The van der Waals surface area contributed by atoms with E-state index in [1.54, 1.807) is 31.2 Å². The van der Waals surface area contributed by atoms with Gasteiger partial charge in [0.1, 0.15) is 12.5 Å². The highest BCUT2D eigenvalue weighted by molar-refractivity contribution is 5.97. The molecule has 0 aliphatic carbocycles. The molecule has 1 N–H and O–H groups in total. The zero-order valence-electron chi connectivity index (χ0n) is 18.7. The van der Waals surface area contributed by atoms with Crippen LogP contribution in [0.5, 0.6) is 0 Å². The molecule has 33 heavy (non-hydrogen) atoms. The highest BCUT2D eigenvalue weighted by Gasteiger charge is 2.29. The van der Waals surface area contributed by atoms with Crippen molar-refractivity contribution in [3.63, 3.8) is 0 Å². The molecule has 9 nitrogen and oxygen atoms in total. The maximum absolute atomic E-state index is 12.8. The molecule has 2 aromatic rings. The standard InChI is InChI=1S/C24H28N2O7/c1-3-21(24(30)31)23(29)25(14-13-22(28)32-2)15-18-9-11-20(12-10-18)26(17-27)33-16-19-7-5-4-6-8-19/h4-12,17,21H,3,13-16H2,1-2H3,(H,30,31). The first-order valence-electron chi connectivity index (χ1n) is 10.5. The highest BCUT2D eigenvalue weighted by atomic mass is 16.7. The van der Waals surface area contributed by atoms with Gasteiger partial charge in [-0.2, -0.15) is 5.06 Å². The van der Waals surface area contributed by atoms with E-state index in [0.717, 1.165) is 10.6 Å². The van der Waals surface area contributed by atoms with Gasteiger partial charge in [-0.3, -0.25) is 24.0 Å². The van der Waals surface area contributed by atoms with Crippen LogP contribution in [0.1, 0.15) is 30.9 Å². The summed E-state index contributed by atoms with van der Waals surface area (Å²) in [7, 11) is 1.25. The first-order chi connectivity index (χ1) is 15.9. The van der Waals surface area contributed by atoms with Gasteiger partial charge < -0.3 is 14.7 Å². The smallest absolute Gasteiger partial charge is 0.316 e. The maximum atomic E-state index is 12.8. The molecule has 0 heterocycles. The van der Waals surface area contributed by atoms with Crippen LogP contribution in [0.15, 0.2) is 54.6 Å². The molecule has 2 amide bonds. The zero-order chi connectivity index (χ0) is 24.2. The van der Waals surface area contributed by atoms with Crippen LogP contribution < -0.4 is 5.06 Å². The van der Waals surface area contributed by atoms with Gasteiger partial charge in [0.05, 0.1) is 19.2 Å². The number of esters is 1. The summed E-state index contributed by atoms with van der Waals surface area (Å²) in [4.78, 5) is 54.1. The number of amides is 2. The fourth-order valence-corrected chi connectivity index (χ4v) is 3.12. The molecule has 0 aliphatic rings. The minimum absolute atomic E-state index is 0.0255. The van der Waals surface area contributed by atoms with Crippen LogP contribution in [0.3, 0.4) is 0 Å². The summed E-state index contributed by atoms with van der Waals surface area (Å²) in [6, 6.07) is 16.1. The van der Waals surface area contributed by atoms with Crippen molar-refractivity contribution in [2.75, 3.05) is 18.7 Å². The summed E-state index contributed by atoms with van der Waals surface area (Å²) in [5.74, 6) is -3.47. The second kappa shape index (κ2) is 13.0. The molecular formula is C24H28N2O7. The van der Waals surface area contributed by atoms with Crippen molar-refractivity contribution in [1.82, 2.24) is 4.90 Å². The van der Waals surface area contributed by atoms with Crippen LogP contribution in [0.25, 0.3) is 0 Å². The molecule has 176 valence electrons. The Morgan fingerprint density at radius 1 is 1.03 bits per heavy atom. The van der Waals surface area contributed by atoms with Crippen LogP contribution >= 0.6 is 0 Å². The second-order valence-corrected chi connectivity index (χ2v) is 7.24. The normalized spacial score (nSPS) is 11.3. The number of rotatable bonds is 13. The number of hydroxylamine groups is 1. The van der Waals surface area contributed by atoms with E-state index in [1.165, 1.54) is 12.0 Å². The Balaban J connectivity index is 2.10. The van der Waals surface area contributed by atoms with Crippen molar-refractivity contribution in [2.24, 2.45) is 5.92 Å². The third-order valence-electron chi connectivity index (χ3n) is 5.00. The van der Waals surface area contributed by atoms with Gasteiger partial charge in [-0.25, -0.2) is 0 Å². The van der Waals surface area contributed by atoms with E-state index in [4.69, 9.17) is 4.84 Å². The molecule has 2 rings (SSSR count).